The molecule has 1 aromatic rings. The zero-order valence-electron chi connectivity index (χ0n) is 5.66. The van der Waals surface area contributed by atoms with E-state index in [2.05, 4.69) is 4.98 Å². The van der Waals surface area contributed by atoms with E-state index in [0.29, 0.717) is 0 Å². The molecule has 1 heterocycles. The van der Waals surface area contributed by atoms with Gasteiger partial charge in [-0.05, 0) is 6.92 Å². The van der Waals surface area contributed by atoms with Crippen LogP contribution >= 0.6 is 11.3 Å². The SMILES string of the molecule is Cc1cnc(S(C)(=O)=O)s1. The monoisotopic (exact) mass is 177 g/mol. The number of nitrogens with zero attached hydrogens (tertiary/aromatic N) is 1. The normalized spacial score (nSPS) is 11.8. The number of hydrogen-bond donors (Lipinski definition) is 0. The third kappa shape index (κ3) is 1.54. The molecule has 0 atom stereocenters. The van der Waals surface area contributed by atoms with Crippen molar-refractivity contribution in [3.8, 4) is 0 Å². The molecule has 56 valence electrons. The van der Waals surface area contributed by atoms with Crippen LogP contribution in [0, 0.1) is 6.92 Å². The lowest BCUT2D eigenvalue weighted by atomic mass is 10.7. The van der Waals surface area contributed by atoms with Crippen molar-refractivity contribution in [2.24, 2.45) is 0 Å². The van der Waals surface area contributed by atoms with Crippen molar-refractivity contribution in [1.82, 2.24) is 4.98 Å². The van der Waals surface area contributed by atoms with Crippen LogP contribution in [0.25, 0.3) is 0 Å². The van der Waals surface area contributed by atoms with Crippen molar-refractivity contribution in [3.05, 3.63) is 11.1 Å². The Morgan fingerprint density at radius 2 is 2.20 bits per heavy atom. The Morgan fingerprint density at radius 1 is 1.60 bits per heavy atom. The summed E-state index contributed by atoms with van der Waals surface area (Å²) in [5.41, 5.74) is 0. The van der Waals surface area contributed by atoms with Crippen LogP contribution in [0.5, 0.6) is 0 Å². The minimum Gasteiger partial charge on any atom is -0.233 e. The molecule has 0 unspecified atom stereocenters. The molecule has 0 N–H and O–H groups in total. The van der Waals surface area contributed by atoms with Gasteiger partial charge in [0.25, 0.3) is 0 Å². The molecule has 0 saturated heterocycles. The fourth-order valence-electron chi connectivity index (χ4n) is 0.505. The van der Waals surface area contributed by atoms with E-state index in [1.807, 2.05) is 6.92 Å². The second kappa shape index (κ2) is 2.32. The molecule has 5 heteroatoms. The van der Waals surface area contributed by atoms with Crippen LogP contribution in [0.15, 0.2) is 10.5 Å². The Labute approximate surface area is 63.6 Å². The number of aryl methyl sites for hydroxylation is 1. The van der Waals surface area contributed by atoms with E-state index in [4.69, 9.17) is 0 Å². The van der Waals surface area contributed by atoms with Crippen molar-refractivity contribution < 1.29 is 8.42 Å². The standard InChI is InChI=1S/C5H7NO2S2/c1-4-3-6-5(9-4)10(2,7)8/h3H,1-2H3. The van der Waals surface area contributed by atoms with Gasteiger partial charge in [-0.2, -0.15) is 0 Å². The highest BCUT2D eigenvalue weighted by Crippen LogP contribution is 2.15. The van der Waals surface area contributed by atoms with E-state index in [0.717, 1.165) is 11.1 Å². The molecule has 0 aliphatic heterocycles. The number of rotatable bonds is 1. The number of thiazole rings is 1. The molecule has 0 bridgehead atoms. The Bertz CT molecular complexity index is 325. The highest BCUT2D eigenvalue weighted by molar-refractivity contribution is 7.92. The van der Waals surface area contributed by atoms with E-state index in [1.165, 1.54) is 11.3 Å². The van der Waals surface area contributed by atoms with Gasteiger partial charge in [0, 0.05) is 17.3 Å². The van der Waals surface area contributed by atoms with Crippen LogP contribution in [0.3, 0.4) is 0 Å². The molecule has 0 fully saturated rings. The number of sulfone groups is 1. The molecule has 3 nitrogen and oxygen atoms in total. The Hall–Kier alpha value is -0.420. The summed E-state index contributed by atoms with van der Waals surface area (Å²) < 4.78 is 21.8. The van der Waals surface area contributed by atoms with Crippen LogP contribution in [0.2, 0.25) is 0 Å². The lowest BCUT2D eigenvalue weighted by molar-refractivity contribution is 0.601. The van der Waals surface area contributed by atoms with Crippen molar-refractivity contribution in [2.75, 3.05) is 6.26 Å². The fourth-order valence-corrected chi connectivity index (χ4v) is 2.24. The van der Waals surface area contributed by atoms with Gasteiger partial charge in [-0.3, -0.25) is 0 Å². The minimum atomic E-state index is -3.07. The molecule has 0 aromatic carbocycles. The maximum atomic E-state index is 10.8. The van der Waals surface area contributed by atoms with Gasteiger partial charge in [0.15, 0.2) is 0 Å². The van der Waals surface area contributed by atoms with Gasteiger partial charge in [0.05, 0.1) is 0 Å². The summed E-state index contributed by atoms with van der Waals surface area (Å²) in [5, 5.41) is 0. The minimum absolute atomic E-state index is 0.199. The molecule has 0 spiro atoms. The lowest BCUT2D eigenvalue weighted by Gasteiger charge is -1.85. The van der Waals surface area contributed by atoms with Crippen molar-refractivity contribution in [2.45, 2.75) is 11.3 Å². The fraction of sp³-hybridized carbons (Fsp3) is 0.400. The van der Waals surface area contributed by atoms with Gasteiger partial charge in [-0.15, -0.1) is 11.3 Å². The van der Waals surface area contributed by atoms with Gasteiger partial charge in [0.2, 0.25) is 14.2 Å². The topological polar surface area (TPSA) is 47.0 Å². The molecule has 0 aliphatic carbocycles. The molecule has 1 aromatic heterocycles. The maximum absolute atomic E-state index is 10.8. The molecule has 0 saturated carbocycles. The summed E-state index contributed by atoms with van der Waals surface area (Å²) in [6.07, 6.45) is 2.71. The van der Waals surface area contributed by atoms with Crippen LogP contribution in [-0.4, -0.2) is 19.7 Å². The smallest absolute Gasteiger partial charge is 0.209 e. The Kier molecular flexibility index (Phi) is 1.78. The number of hydrogen-bond acceptors (Lipinski definition) is 4. The number of aromatic nitrogens is 1. The molecular formula is C5H7NO2S2. The summed E-state index contributed by atoms with van der Waals surface area (Å²) >= 11 is 1.20. The molecule has 10 heavy (non-hydrogen) atoms. The molecule has 0 radical (unpaired) electrons. The summed E-state index contributed by atoms with van der Waals surface area (Å²) in [4.78, 5) is 4.63. The first kappa shape index (κ1) is 7.68. The second-order valence-corrected chi connectivity index (χ2v) is 5.43. The van der Waals surface area contributed by atoms with E-state index in [-0.39, 0.29) is 4.34 Å². The molecule has 1 rings (SSSR count). The van der Waals surface area contributed by atoms with Crippen LogP contribution in [0.4, 0.5) is 0 Å². The molecular weight excluding hydrogens is 170 g/mol. The highest BCUT2D eigenvalue weighted by atomic mass is 32.2. The lowest BCUT2D eigenvalue weighted by Crippen LogP contribution is -1.94. The summed E-state index contributed by atoms with van der Waals surface area (Å²) in [5.74, 6) is 0. The van der Waals surface area contributed by atoms with Gasteiger partial charge in [0.1, 0.15) is 0 Å². The van der Waals surface area contributed by atoms with Gasteiger partial charge < -0.3 is 0 Å². The molecule has 0 aliphatic rings. The van der Waals surface area contributed by atoms with E-state index < -0.39 is 9.84 Å². The van der Waals surface area contributed by atoms with Crippen molar-refractivity contribution in [1.29, 1.82) is 0 Å². The predicted molar refractivity (Wildman–Crippen MR) is 40.0 cm³/mol. The first-order valence-electron chi connectivity index (χ1n) is 2.62. The summed E-state index contributed by atoms with van der Waals surface area (Å²) in [7, 11) is -3.07. The quantitative estimate of drug-likeness (QED) is 0.639. The molecule has 0 amide bonds. The van der Waals surface area contributed by atoms with E-state index >= 15 is 0 Å². The maximum Gasteiger partial charge on any atom is 0.209 e. The average Bonchev–Trinajstić information content (AvgIpc) is 2.11. The van der Waals surface area contributed by atoms with Gasteiger partial charge in [-0.1, -0.05) is 0 Å². The third-order valence-electron chi connectivity index (χ3n) is 0.917. The van der Waals surface area contributed by atoms with Crippen LogP contribution in [-0.2, 0) is 9.84 Å². The van der Waals surface area contributed by atoms with Crippen molar-refractivity contribution >= 4 is 21.2 Å². The van der Waals surface area contributed by atoms with Gasteiger partial charge in [-0.25, -0.2) is 13.4 Å². The first-order chi connectivity index (χ1) is 4.50. The average molecular weight is 177 g/mol. The second-order valence-electron chi connectivity index (χ2n) is 2.01. The van der Waals surface area contributed by atoms with Crippen molar-refractivity contribution in [3.63, 3.8) is 0 Å². The summed E-state index contributed by atoms with van der Waals surface area (Å²) in [6, 6.07) is 0. The zero-order chi connectivity index (χ0) is 7.78. The van der Waals surface area contributed by atoms with Gasteiger partial charge >= 0.3 is 0 Å². The Morgan fingerprint density at radius 3 is 2.40 bits per heavy atom. The first-order valence-corrected chi connectivity index (χ1v) is 5.33. The largest absolute Gasteiger partial charge is 0.233 e. The third-order valence-corrected chi connectivity index (χ3v) is 3.52. The van der Waals surface area contributed by atoms with E-state index in [1.54, 1.807) is 6.20 Å². The van der Waals surface area contributed by atoms with Crippen LogP contribution in [0.1, 0.15) is 4.88 Å². The van der Waals surface area contributed by atoms with E-state index in [9.17, 15) is 8.42 Å². The van der Waals surface area contributed by atoms with Crippen LogP contribution < -0.4 is 0 Å². The highest BCUT2D eigenvalue weighted by Gasteiger charge is 2.09. The summed E-state index contributed by atoms with van der Waals surface area (Å²) in [6.45, 7) is 1.83. The Balaban J connectivity index is 3.21. The zero-order valence-corrected chi connectivity index (χ0v) is 7.29. The predicted octanol–water partition coefficient (Wildman–Crippen LogP) is 0.855.